The first kappa shape index (κ1) is 14.4. The van der Waals surface area contributed by atoms with Gasteiger partial charge in [0.25, 0.3) is 0 Å². The van der Waals surface area contributed by atoms with Crippen LogP contribution in [0.1, 0.15) is 17.0 Å². The maximum absolute atomic E-state index is 5.94. The highest BCUT2D eigenvalue weighted by atomic mass is 35.5. The first-order valence-electron chi connectivity index (χ1n) is 7.28. The number of rotatable bonds is 3. The van der Waals surface area contributed by atoms with E-state index in [1.54, 1.807) is 0 Å². The molecule has 0 radical (unpaired) electrons. The maximum Gasteiger partial charge on any atom is 0.138 e. The molecule has 0 spiro atoms. The number of benzene rings is 1. The van der Waals surface area contributed by atoms with Crippen molar-refractivity contribution in [3.05, 3.63) is 46.3 Å². The van der Waals surface area contributed by atoms with E-state index in [-0.39, 0.29) is 0 Å². The van der Waals surface area contributed by atoms with Gasteiger partial charge in [-0.2, -0.15) is 0 Å². The molecule has 0 N–H and O–H groups in total. The summed E-state index contributed by atoms with van der Waals surface area (Å²) >= 11 is 5.94. The summed E-state index contributed by atoms with van der Waals surface area (Å²) in [6.07, 6.45) is 0. The molecule has 0 amide bonds. The molecule has 5 heteroatoms. The standard InChI is InChI=1S/C16H20ClN3O/c1-12-16(13(2)21-18-12)11-19-7-9-20(10-8-19)15-5-3-14(17)4-6-15/h3-6H,7-11H2,1-2H3. The number of aromatic nitrogens is 1. The molecule has 0 atom stereocenters. The summed E-state index contributed by atoms with van der Waals surface area (Å²) in [5.41, 5.74) is 3.49. The lowest BCUT2D eigenvalue weighted by atomic mass is 10.1. The maximum atomic E-state index is 5.94. The van der Waals surface area contributed by atoms with Crippen LogP contribution in [0.25, 0.3) is 0 Å². The molecule has 0 unspecified atom stereocenters. The van der Waals surface area contributed by atoms with Crippen LogP contribution >= 0.6 is 11.6 Å². The van der Waals surface area contributed by atoms with Crippen molar-refractivity contribution in [2.24, 2.45) is 0 Å². The summed E-state index contributed by atoms with van der Waals surface area (Å²) in [6.45, 7) is 9.08. The Morgan fingerprint density at radius 2 is 1.76 bits per heavy atom. The Morgan fingerprint density at radius 3 is 2.33 bits per heavy atom. The van der Waals surface area contributed by atoms with Crippen molar-refractivity contribution in [1.82, 2.24) is 10.1 Å². The van der Waals surface area contributed by atoms with E-state index in [1.165, 1.54) is 11.3 Å². The van der Waals surface area contributed by atoms with E-state index in [0.29, 0.717) is 0 Å². The van der Waals surface area contributed by atoms with Crippen LogP contribution in [-0.4, -0.2) is 36.2 Å². The van der Waals surface area contributed by atoms with Crippen LogP contribution in [0.2, 0.25) is 5.02 Å². The van der Waals surface area contributed by atoms with Crippen LogP contribution in [-0.2, 0) is 6.54 Å². The highest BCUT2D eigenvalue weighted by molar-refractivity contribution is 6.30. The zero-order chi connectivity index (χ0) is 14.8. The lowest BCUT2D eigenvalue weighted by Gasteiger charge is -2.36. The molecular weight excluding hydrogens is 286 g/mol. The Morgan fingerprint density at radius 1 is 1.10 bits per heavy atom. The molecule has 1 aromatic carbocycles. The molecule has 3 rings (SSSR count). The minimum atomic E-state index is 0.788. The van der Waals surface area contributed by atoms with E-state index in [0.717, 1.165) is 49.2 Å². The van der Waals surface area contributed by atoms with Gasteiger partial charge in [0.15, 0.2) is 0 Å². The van der Waals surface area contributed by atoms with Gasteiger partial charge in [0.2, 0.25) is 0 Å². The Kier molecular flexibility index (Phi) is 4.17. The monoisotopic (exact) mass is 305 g/mol. The van der Waals surface area contributed by atoms with Gasteiger partial charge in [-0.25, -0.2) is 0 Å². The molecule has 112 valence electrons. The van der Waals surface area contributed by atoms with E-state index < -0.39 is 0 Å². The number of halogens is 1. The van der Waals surface area contributed by atoms with Gasteiger partial charge in [-0.3, -0.25) is 4.90 Å². The normalized spacial score (nSPS) is 16.4. The van der Waals surface area contributed by atoms with Crippen molar-refractivity contribution in [2.45, 2.75) is 20.4 Å². The second-order valence-corrected chi connectivity index (χ2v) is 5.98. The summed E-state index contributed by atoms with van der Waals surface area (Å²) < 4.78 is 5.24. The van der Waals surface area contributed by atoms with Crippen molar-refractivity contribution >= 4 is 17.3 Å². The summed E-state index contributed by atoms with van der Waals surface area (Å²) in [7, 11) is 0. The van der Waals surface area contributed by atoms with Gasteiger partial charge in [0.05, 0.1) is 5.69 Å². The SMILES string of the molecule is Cc1noc(C)c1CN1CCN(c2ccc(Cl)cc2)CC1. The molecule has 0 saturated carbocycles. The molecule has 1 aliphatic heterocycles. The van der Waals surface area contributed by atoms with Crippen molar-refractivity contribution in [2.75, 3.05) is 31.1 Å². The van der Waals surface area contributed by atoms with Crippen molar-refractivity contribution in [3.63, 3.8) is 0 Å². The fourth-order valence-corrected chi connectivity index (χ4v) is 2.89. The predicted molar refractivity (Wildman–Crippen MR) is 84.9 cm³/mol. The zero-order valence-electron chi connectivity index (χ0n) is 12.5. The number of piperazine rings is 1. The molecule has 21 heavy (non-hydrogen) atoms. The van der Waals surface area contributed by atoms with E-state index in [1.807, 2.05) is 26.0 Å². The second-order valence-electron chi connectivity index (χ2n) is 5.54. The van der Waals surface area contributed by atoms with Crippen LogP contribution < -0.4 is 4.90 Å². The van der Waals surface area contributed by atoms with Gasteiger partial charge in [-0.1, -0.05) is 16.8 Å². The molecule has 2 heterocycles. The fraction of sp³-hybridized carbons (Fsp3) is 0.438. The number of nitrogens with zero attached hydrogens (tertiary/aromatic N) is 3. The smallest absolute Gasteiger partial charge is 0.138 e. The van der Waals surface area contributed by atoms with Gasteiger partial charge in [0.1, 0.15) is 5.76 Å². The lowest BCUT2D eigenvalue weighted by molar-refractivity contribution is 0.248. The number of hydrogen-bond donors (Lipinski definition) is 0. The third kappa shape index (κ3) is 3.22. The Bertz CT molecular complexity index is 581. The topological polar surface area (TPSA) is 32.5 Å². The van der Waals surface area contributed by atoms with Gasteiger partial charge < -0.3 is 9.42 Å². The van der Waals surface area contributed by atoms with Gasteiger partial charge >= 0.3 is 0 Å². The average Bonchev–Trinajstić information content (AvgIpc) is 2.81. The van der Waals surface area contributed by atoms with Crippen LogP contribution in [0, 0.1) is 13.8 Å². The highest BCUT2D eigenvalue weighted by Gasteiger charge is 2.20. The van der Waals surface area contributed by atoms with Gasteiger partial charge in [-0.15, -0.1) is 0 Å². The third-order valence-electron chi connectivity index (χ3n) is 4.13. The minimum absolute atomic E-state index is 0.788. The summed E-state index contributed by atoms with van der Waals surface area (Å²) in [5, 5.41) is 4.82. The largest absolute Gasteiger partial charge is 0.369 e. The molecule has 0 bridgehead atoms. The van der Waals surface area contributed by atoms with Crippen molar-refractivity contribution < 1.29 is 4.52 Å². The molecule has 0 aliphatic carbocycles. The average molecular weight is 306 g/mol. The van der Waals surface area contributed by atoms with E-state index in [9.17, 15) is 0 Å². The van der Waals surface area contributed by atoms with E-state index in [4.69, 9.17) is 16.1 Å². The van der Waals surface area contributed by atoms with E-state index in [2.05, 4.69) is 27.1 Å². The van der Waals surface area contributed by atoms with Crippen LogP contribution in [0.4, 0.5) is 5.69 Å². The van der Waals surface area contributed by atoms with Crippen molar-refractivity contribution in [1.29, 1.82) is 0 Å². The first-order valence-corrected chi connectivity index (χ1v) is 7.66. The molecule has 2 aromatic rings. The van der Waals surface area contributed by atoms with Crippen LogP contribution in [0.5, 0.6) is 0 Å². The first-order chi connectivity index (χ1) is 10.1. The highest BCUT2D eigenvalue weighted by Crippen LogP contribution is 2.21. The number of anilines is 1. The Labute approximate surface area is 130 Å². The predicted octanol–water partition coefficient (Wildman–Crippen LogP) is 3.27. The van der Waals surface area contributed by atoms with Crippen LogP contribution in [0.15, 0.2) is 28.8 Å². The molecular formula is C16H20ClN3O. The lowest BCUT2D eigenvalue weighted by Crippen LogP contribution is -2.46. The minimum Gasteiger partial charge on any atom is -0.369 e. The number of aryl methyl sites for hydroxylation is 2. The van der Waals surface area contributed by atoms with Crippen molar-refractivity contribution in [3.8, 4) is 0 Å². The molecule has 1 aliphatic rings. The fourth-order valence-electron chi connectivity index (χ4n) is 2.77. The molecule has 1 saturated heterocycles. The Hall–Kier alpha value is -1.52. The van der Waals surface area contributed by atoms with Crippen LogP contribution in [0.3, 0.4) is 0 Å². The molecule has 1 fully saturated rings. The zero-order valence-corrected chi connectivity index (χ0v) is 13.2. The van der Waals surface area contributed by atoms with E-state index >= 15 is 0 Å². The Balaban J connectivity index is 1.59. The summed E-state index contributed by atoms with van der Waals surface area (Å²) in [4.78, 5) is 4.86. The summed E-state index contributed by atoms with van der Waals surface area (Å²) in [6, 6.07) is 8.08. The third-order valence-corrected chi connectivity index (χ3v) is 4.38. The summed E-state index contributed by atoms with van der Waals surface area (Å²) in [5.74, 6) is 0.938. The van der Waals surface area contributed by atoms with Gasteiger partial charge in [-0.05, 0) is 38.1 Å². The quantitative estimate of drug-likeness (QED) is 0.871. The number of hydrogen-bond acceptors (Lipinski definition) is 4. The van der Waals surface area contributed by atoms with Gasteiger partial charge in [0, 0.05) is 49.0 Å². The molecule has 1 aromatic heterocycles. The molecule has 4 nitrogen and oxygen atoms in total. The second kappa shape index (κ2) is 6.08.